The van der Waals surface area contributed by atoms with E-state index in [0.717, 1.165) is 11.8 Å². The maximum atomic E-state index is 13.5. The minimum atomic E-state index is -4.59. The fourth-order valence-corrected chi connectivity index (χ4v) is 2.84. The first-order valence-electron chi connectivity index (χ1n) is 9.59. The Morgan fingerprint density at radius 2 is 1.70 bits per heavy atom. The zero-order chi connectivity index (χ0) is 21.7. The summed E-state index contributed by atoms with van der Waals surface area (Å²) < 4.78 is 46.0. The lowest BCUT2D eigenvalue weighted by molar-refractivity contribution is -0.137. The zero-order valence-corrected chi connectivity index (χ0v) is 16.9. The first-order valence-corrected chi connectivity index (χ1v) is 9.59. The molecule has 3 aromatic rings. The molecule has 0 aliphatic heterocycles. The van der Waals surface area contributed by atoms with Crippen molar-refractivity contribution in [3.8, 4) is 5.75 Å². The largest absolute Gasteiger partial charge is 0.491 e. The van der Waals surface area contributed by atoms with Crippen LogP contribution < -0.4 is 15.4 Å². The number of rotatable bonds is 7. The predicted molar refractivity (Wildman–Crippen MR) is 112 cm³/mol. The predicted octanol–water partition coefficient (Wildman–Crippen LogP) is 6.33. The van der Waals surface area contributed by atoms with Crippen LogP contribution in [0.2, 0.25) is 0 Å². The molecule has 0 radical (unpaired) electrons. The average molecular weight is 416 g/mol. The van der Waals surface area contributed by atoms with E-state index in [1.54, 1.807) is 36.4 Å². The maximum Gasteiger partial charge on any atom is 0.421 e. The second kappa shape index (κ2) is 9.02. The van der Waals surface area contributed by atoms with Crippen LogP contribution in [0.3, 0.4) is 0 Å². The first-order chi connectivity index (χ1) is 14.3. The van der Waals surface area contributed by atoms with Crippen LogP contribution in [-0.2, 0) is 12.6 Å². The third kappa shape index (κ3) is 5.40. The van der Waals surface area contributed by atoms with Gasteiger partial charge in [-0.05, 0) is 56.2 Å². The number of hydrogen-bond donors (Lipinski definition) is 2. The van der Waals surface area contributed by atoms with E-state index >= 15 is 0 Å². The number of hydrogen-bond acceptors (Lipinski definition) is 5. The van der Waals surface area contributed by atoms with E-state index in [-0.39, 0.29) is 17.9 Å². The van der Waals surface area contributed by atoms with Crippen LogP contribution in [0.1, 0.15) is 31.9 Å². The summed E-state index contributed by atoms with van der Waals surface area (Å²) in [4.78, 5) is 7.93. The number of halogens is 3. The summed E-state index contributed by atoms with van der Waals surface area (Å²) >= 11 is 0. The molecular weight excluding hydrogens is 393 g/mol. The Labute approximate surface area is 173 Å². The Morgan fingerprint density at radius 1 is 1.00 bits per heavy atom. The van der Waals surface area contributed by atoms with Gasteiger partial charge in [-0.15, -0.1) is 0 Å². The van der Waals surface area contributed by atoms with Crippen LogP contribution in [0.25, 0.3) is 0 Å². The molecule has 1 aromatic heterocycles. The number of alkyl halides is 3. The molecule has 8 heteroatoms. The van der Waals surface area contributed by atoms with E-state index < -0.39 is 11.7 Å². The summed E-state index contributed by atoms with van der Waals surface area (Å²) in [6.07, 6.45) is -3.09. The van der Waals surface area contributed by atoms with Crippen molar-refractivity contribution >= 4 is 23.1 Å². The summed E-state index contributed by atoms with van der Waals surface area (Å²) in [5, 5.41) is 5.76. The van der Waals surface area contributed by atoms with Gasteiger partial charge in [0.25, 0.3) is 0 Å². The number of nitrogens with zero attached hydrogens (tertiary/aromatic N) is 2. The van der Waals surface area contributed by atoms with E-state index in [1.807, 2.05) is 32.9 Å². The van der Waals surface area contributed by atoms with Gasteiger partial charge in [0.15, 0.2) is 0 Å². The number of benzene rings is 2. The topological polar surface area (TPSA) is 59.1 Å². The molecule has 0 spiro atoms. The van der Waals surface area contributed by atoms with Gasteiger partial charge in [0.1, 0.15) is 17.1 Å². The summed E-state index contributed by atoms with van der Waals surface area (Å²) in [6, 6.07) is 14.2. The Hall–Kier alpha value is -3.29. The maximum absolute atomic E-state index is 13.5. The van der Waals surface area contributed by atoms with Crippen molar-refractivity contribution in [2.75, 3.05) is 10.6 Å². The van der Waals surface area contributed by atoms with Gasteiger partial charge in [-0.3, -0.25) is 0 Å². The molecule has 2 aromatic carbocycles. The lowest BCUT2D eigenvalue weighted by Crippen LogP contribution is -2.13. The molecule has 0 fully saturated rings. The van der Waals surface area contributed by atoms with E-state index in [0.29, 0.717) is 23.5 Å². The molecule has 0 atom stereocenters. The molecule has 158 valence electrons. The summed E-state index contributed by atoms with van der Waals surface area (Å²) in [5.41, 5.74) is 1.16. The van der Waals surface area contributed by atoms with E-state index in [9.17, 15) is 13.2 Å². The van der Waals surface area contributed by atoms with Gasteiger partial charge in [-0.2, -0.15) is 18.2 Å². The summed E-state index contributed by atoms with van der Waals surface area (Å²) in [5.74, 6) is 0.445. The Balaban J connectivity index is 1.89. The highest BCUT2D eigenvalue weighted by Gasteiger charge is 2.35. The highest BCUT2D eigenvalue weighted by molar-refractivity contribution is 5.65. The van der Waals surface area contributed by atoms with Crippen molar-refractivity contribution in [3.63, 3.8) is 0 Å². The van der Waals surface area contributed by atoms with Crippen LogP contribution in [0.15, 0.2) is 54.7 Å². The summed E-state index contributed by atoms with van der Waals surface area (Å²) in [6.45, 7) is 5.78. The minimum absolute atomic E-state index is 0.0432. The Kier molecular flexibility index (Phi) is 6.44. The van der Waals surface area contributed by atoms with Crippen LogP contribution in [0.5, 0.6) is 5.75 Å². The number of anilines is 4. The van der Waals surface area contributed by atoms with E-state index in [2.05, 4.69) is 20.6 Å². The quantitative estimate of drug-likeness (QED) is 0.471. The van der Waals surface area contributed by atoms with Crippen molar-refractivity contribution in [1.29, 1.82) is 0 Å². The molecule has 0 saturated carbocycles. The molecule has 2 N–H and O–H groups in total. The van der Waals surface area contributed by atoms with Gasteiger partial charge < -0.3 is 15.4 Å². The molecule has 0 bridgehead atoms. The highest BCUT2D eigenvalue weighted by atomic mass is 19.4. The molecule has 30 heavy (non-hydrogen) atoms. The smallest absolute Gasteiger partial charge is 0.421 e. The molecule has 3 rings (SSSR count). The van der Waals surface area contributed by atoms with Crippen molar-refractivity contribution in [2.24, 2.45) is 0 Å². The van der Waals surface area contributed by atoms with Gasteiger partial charge in [-0.1, -0.05) is 25.1 Å². The first kappa shape index (κ1) is 21.4. The normalized spacial score (nSPS) is 11.4. The molecular formula is C22H23F3N4O. The average Bonchev–Trinajstić information content (AvgIpc) is 2.69. The molecule has 1 heterocycles. The number of nitrogens with one attached hydrogen (secondary N) is 2. The molecule has 0 saturated heterocycles. The van der Waals surface area contributed by atoms with Crippen LogP contribution in [-0.4, -0.2) is 16.1 Å². The van der Waals surface area contributed by atoms with Gasteiger partial charge in [-0.25, -0.2) is 4.98 Å². The lowest BCUT2D eigenvalue weighted by Gasteiger charge is -2.16. The third-order valence-corrected chi connectivity index (χ3v) is 4.23. The standard InChI is InChI=1S/C22H23F3N4O/c1-4-15-7-5-6-8-19(15)28-20-18(22(23,24)25)13-26-21(29-20)27-16-9-11-17(12-10-16)30-14(2)3/h5-14H,4H2,1-3H3,(H2,26,27,28,29). The molecule has 0 amide bonds. The van der Waals surface area contributed by atoms with Gasteiger partial charge in [0.2, 0.25) is 5.95 Å². The summed E-state index contributed by atoms with van der Waals surface area (Å²) in [7, 11) is 0. The monoisotopic (exact) mass is 416 g/mol. The van der Waals surface area contributed by atoms with Crippen LogP contribution in [0.4, 0.5) is 36.3 Å². The fourth-order valence-electron chi connectivity index (χ4n) is 2.84. The second-order valence-corrected chi connectivity index (χ2v) is 6.91. The van der Waals surface area contributed by atoms with E-state index in [4.69, 9.17) is 4.74 Å². The Morgan fingerprint density at radius 3 is 2.33 bits per heavy atom. The lowest BCUT2D eigenvalue weighted by atomic mass is 10.1. The van der Waals surface area contributed by atoms with Crippen molar-refractivity contribution in [2.45, 2.75) is 39.5 Å². The second-order valence-electron chi connectivity index (χ2n) is 6.91. The number of aryl methyl sites for hydroxylation is 1. The number of para-hydroxylation sites is 1. The minimum Gasteiger partial charge on any atom is -0.491 e. The van der Waals surface area contributed by atoms with Crippen LogP contribution >= 0.6 is 0 Å². The molecule has 0 aliphatic carbocycles. The third-order valence-electron chi connectivity index (χ3n) is 4.23. The number of ether oxygens (including phenoxy) is 1. The molecule has 5 nitrogen and oxygen atoms in total. The van der Waals surface area contributed by atoms with Crippen molar-refractivity contribution in [1.82, 2.24) is 9.97 Å². The van der Waals surface area contributed by atoms with Gasteiger partial charge in [0, 0.05) is 17.6 Å². The Bertz CT molecular complexity index is 988. The van der Waals surface area contributed by atoms with Crippen LogP contribution in [0, 0.1) is 0 Å². The van der Waals surface area contributed by atoms with Gasteiger partial charge in [0.05, 0.1) is 6.10 Å². The molecule has 0 aliphatic rings. The van der Waals surface area contributed by atoms with Crippen molar-refractivity contribution < 1.29 is 17.9 Å². The molecule has 0 unspecified atom stereocenters. The van der Waals surface area contributed by atoms with Crippen molar-refractivity contribution in [3.05, 3.63) is 65.9 Å². The van der Waals surface area contributed by atoms with Gasteiger partial charge >= 0.3 is 6.18 Å². The van der Waals surface area contributed by atoms with E-state index in [1.165, 1.54) is 0 Å². The highest BCUT2D eigenvalue weighted by Crippen LogP contribution is 2.36. The zero-order valence-electron chi connectivity index (χ0n) is 16.9. The number of aromatic nitrogens is 2. The fraction of sp³-hybridized carbons (Fsp3) is 0.273. The SMILES string of the molecule is CCc1ccccc1Nc1nc(Nc2ccc(OC(C)C)cc2)ncc1C(F)(F)F.